The van der Waals surface area contributed by atoms with Crippen molar-refractivity contribution in [1.29, 1.82) is 0 Å². The number of nitrogens with two attached hydrogens (primary N) is 1. The molecule has 4 nitrogen and oxygen atoms in total. The largest absolute Gasteiger partial charge is 0.384 e. The first-order chi connectivity index (χ1) is 7.56. The van der Waals surface area contributed by atoms with Crippen LogP contribution in [0.15, 0.2) is 12.1 Å². The molecule has 1 heterocycles. The van der Waals surface area contributed by atoms with E-state index in [0.717, 1.165) is 12.8 Å². The molecule has 5 heteroatoms. The Kier molecular flexibility index (Phi) is 3.01. The number of nitrogens with zero attached hydrogens (tertiary/aromatic N) is 1. The van der Waals surface area contributed by atoms with Crippen molar-refractivity contribution >= 4 is 23.3 Å². The minimum atomic E-state index is -0.241. The highest BCUT2D eigenvalue weighted by Gasteiger charge is 2.27. The van der Waals surface area contributed by atoms with E-state index in [9.17, 15) is 4.79 Å². The summed E-state index contributed by atoms with van der Waals surface area (Å²) < 4.78 is 0. The molecule has 1 fully saturated rings. The number of carbonyl (C=O) groups excluding carboxylic acids is 1. The van der Waals surface area contributed by atoms with E-state index in [1.807, 2.05) is 0 Å². The lowest BCUT2D eigenvalue weighted by atomic mass is 9.82. The maximum Gasteiger partial charge on any atom is 0.271 e. The Hall–Kier alpha value is -1.29. The number of amides is 1. The average Bonchev–Trinajstić information content (AvgIpc) is 2.19. The third kappa shape index (κ3) is 2.27. The molecule has 1 saturated carbocycles. The molecular formula is C11H14ClN3O. The first kappa shape index (κ1) is 11.2. The van der Waals surface area contributed by atoms with E-state index >= 15 is 0 Å². The van der Waals surface area contributed by atoms with Gasteiger partial charge in [0.1, 0.15) is 11.5 Å². The van der Waals surface area contributed by atoms with Crippen molar-refractivity contribution in [3.05, 3.63) is 22.8 Å². The number of hydrogen-bond acceptors (Lipinski definition) is 3. The fourth-order valence-electron chi connectivity index (χ4n) is 1.89. The Balaban J connectivity index is 2.05. The number of carbonyl (C=O) groups is 1. The highest BCUT2D eigenvalue weighted by Crippen LogP contribution is 2.26. The van der Waals surface area contributed by atoms with Gasteiger partial charge < -0.3 is 11.1 Å². The van der Waals surface area contributed by atoms with Crippen LogP contribution >= 0.6 is 11.6 Å². The van der Waals surface area contributed by atoms with E-state index in [4.69, 9.17) is 17.3 Å². The van der Waals surface area contributed by atoms with Crippen LogP contribution in [-0.4, -0.2) is 16.9 Å². The number of aromatic nitrogens is 1. The lowest BCUT2D eigenvalue weighted by Crippen LogP contribution is -2.43. The lowest BCUT2D eigenvalue weighted by molar-refractivity contribution is 0.0891. The van der Waals surface area contributed by atoms with Crippen molar-refractivity contribution in [1.82, 2.24) is 10.3 Å². The van der Waals surface area contributed by atoms with Gasteiger partial charge >= 0.3 is 0 Å². The predicted octanol–water partition coefficient (Wildman–Crippen LogP) is 1.85. The van der Waals surface area contributed by atoms with Crippen molar-refractivity contribution in [2.45, 2.75) is 25.8 Å². The summed E-state index contributed by atoms with van der Waals surface area (Å²) in [5, 5.41) is 3.22. The number of hydrogen-bond donors (Lipinski definition) is 2. The molecule has 0 atom stereocenters. The first-order valence-corrected chi connectivity index (χ1v) is 5.67. The van der Waals surface area contributed by atoms with Crippen LogP contribution in [0.1, 0.15) is 30.3 Å². The van der Waals surface area contributed by atoms with Gasteiger partial charge in [0, 0.05) is 6.04 Å². The van der Waals surface area contributed by atoms with E-state index in [0.29, 0.717) is 16.8 Å². The Bertz CT molecular complexity index is 416. The topological polar surface area (TPSA) is 68.0 Å². The fraction of sp³-hybridized carbons (Fsp3) is 0.455. The molecule has 1 amide bonds. The zero-order valence-electron chi connectivity index (χ0n) is 9.03. The summed E-state index contributed by atoms with van der Waals surface area (Å²) in [6, 6.07) is 3.41. The Morgan fingerprint density at radius 1 is 1.56 bits per heavy atom. The third-order valence-corrected chi connectivity index (χ3v) is 3.10. The minimum absolute atomic E-state index is 0.209. The molecule has 1 aliphatic rings. The summed E-state index contributed by atoms with van der Waals surface area (Å²) in [6.45, 7) is 2.16. The van der Waals surface area contributed by atoms with E-state index in [1.54, 1.807) is 12.1 Å². The normalized spacial score (nSPS) is 23.6. The number of anilines is 1. The van der Waals surface area contributed by atoms with Gasteiger partial charge in [0.2, 0.25) is 0 Å². The van der Waals surface area contributed by atoms with Crippen LogP contribution in [0.25, 0.3) is 0 Å². The highest BCUT2D eigenvalue weighted by atomic mass is 35.5. The average molecular weight is 240 g/mol. The predicted molar refractivity (Wildman–Crippen MR) is 63.3 cm³/mol. The number of halogens is 1. The third-order valence-electron chi connectivity index (χ3n) is 2.79. The lowest BCUT2D eigenvalue weighted by Gasteiger charge is -2.33. The van der Waals surface area contributed by atoms with Crippen molar-refractivity contribution in [2.24, 2.45) is 5.92 Å². The molecule has 0 spiro atoms. The second-order valence-corrected chi connectivity index (χ2v) is 4.72. The minimum Gasteiger partial charge on any atom is -0.384 e. The SMILES string of the molecule is CC1CC(NC(=O)c2nc(N)ccc2Cl)C1. The van der Waals surface area contributed by atoms with Crippen molar-refractivity contribution in [3.8, 4) is 0 Å². The number of rotatable bonds is 2. The molecule has 0 saturated heterocycles. The molecule has 86 valence electrons. The number of nitrogens with one attached hydrogen (secondary N) is 1. The van der Waals surface area contributed by atoms with Crippen LogP contribution in [0.4, 0.5) is 5.82 Å². The van der Waals surface area contributed by atoms with Gasteiger partial charge in [0.15, 0.2) is 0 Å². The fourth-order valence-corrected chi connectivity index (χ4v) is 2.08. The molecule has 1 aromatic rings. The van der Waals surface area contributed by atoms with Crippen LogP contribution in [-0.2, 0) is 0 Å². The Morgan fingerprint density at radius 3 is 2.88 bits per heavy atom. The maximum atomic E-state index is 11.8. The van der Waals surface area contributed by atoms with Gasteiger partial charge in [-0.05, 0) is 30.9 Å². The maximum absolute atomic E-state index is 11.8. The van der Waals surface area contributed by atoms with E-state index in [2.05, 4.69) is 17.2 Å². The summed E-state index contributed by atoms with van der Waals surface area (Å²) in [7, 11) is 0. The van der Waals surface area contributed by atoms with Gasteiger partial charge in [-0.1, -0.05) is 18.5 Å². The second-order valence-electron chi connectivity index (χ2n) is 4.31. The van der Waals surface area contributed by atoms with Gasteiger partial charge in [-0.2, -0.15) is 0 Å². The molecular weight excluding hydrogens is 226 g/mol. The molecule has 1 aromatic heterocycles. The summed E-state index contributed by atoms with van der Waals surface area (Å²) in [5.74, 6) is 0.750. The van der Waals surface area contributed by atoms with E-state index in [1.165, 1.54) is 0 Å². The van der Waals surface area contributed by atoms with Gasteiger partial charge in [-0.25, -0.2) is 4.98 Å². The quantitative estimate of drug-likeness (QED) is 0.828. The molecule has 0 aromatic carbocycles. The zero-order valence-corrected chi connectivity index (χ0v) is 9.79. The molecule has 0 aliphatic heterocycles. The summed E-state index contributed by atoms with van der Waals surface area (Å²) >= 11 is 5.89. The van der Waals surface area contributed by atoms with E-state index < -0.39 is 0 Å². The van der Waals surface area contributed by atoms with Crippen molar-refractivity contribution in [2.75, 3.05) is 5.73 Å². The van der Waals surface area contributed by atoms with Crippen LogP contribution in [0.5, 0.6) is 0 Å². The summed E-state index contributed by atoms with van der Waals surface area (Å²) in [6.07, 6.45) is 2.04. The smallest absolute Gasteiger partial charge is 0.271 e. The Morgan fingerprint density at radius 2 is 2.25 bits per heavy atom. The molecule has 3 N–H and O–H groups in total. The zero-order chi connectivity index (χ0) is 11.7. The van der Waals surface area contributed by atoms with Crippen LogP contribution in [0.3, 0.4) is 0 Å². The van der Waals surface area contributed by atoms with Gasteiger partial charge in [-0.3, -0.25) is 4.79 Å². The van der Waals surface area contributed by atoms with Crippen LogP contribution < -0.4 is 11.1 Å². The molecule has 0 bridgehead atoms. The first-order valence-electron chi connectivity index (χ1n) is 5.29. The van der Waals surface area contributed by atoms with Crippen LogP contribution in [0.2, 0.25) is 5.02 Å². The second kappa shape index (κ2) is 4.29. The molecule has 0 radical (unpaired) electrons. The number of pyridine rings is 1. The van der Waals surface area contributed by atoms with Gasteiger partial charge in [0.25, 0.3) is 5.91 Å². The van der Waals surface area contributed by atoms with Crippen molar-refractivity contribution in [3.63, 3.8) is 0 Å². The molecule has 0 unspecified atom stereocenters. The Labute approximate surface area is 99.2 Å². The number of nitrogen functional groups attached to an aromatic ring is 1. The molecule has 16 heavy (non-hydrogen) atoms. The van der Waals surface area contributed by atoms with Crippen molar-refractivity contribution < 1.29 is 4.79 Å². The van der Waals surface area contributed by atoms with Crippen LogP contribution in [0, 0.1) is 5.92 Å². The van der Waals surface area contributed by atoms with Gasteiger partial charge in [0.05, 0.1) is 5.02 Å². The summed E-state index contributed by atoms with van der Waals surface area (Å²) in [4.78, 5) is 15.8. The van der Waals surface area contributed by atoms with E-state index in [-0.39, 0.29) is 17.6 Å². The highest BCUT2D eigenvalue weighted by molar-refractivity contribution is 6.33. The standard InChI is InChI=1S/C11H14ClN3O/c1-6-4-7(5-6)14-11(16)10-8(12)2-3-9(13)15-10/h2-3,6-7H,4-5H2,1H3,(H2,13,15)(H,14,16). The molecule has 1 aliphatic carbocycles. The summed E-state index contributed by atoms with van der Waals surface area (Å²) in [5.41, 5.74) is 5.72. The molecule has 2 rings (SSSR count). The monoisotopic (exact) mass is 239 g/mol. The van der Waals surface area contributed by atoms with Gasteiger partial charge in [-0.15, -0.1) is 0 Å².